The van der Waals surface area contributed by atoms with Crippen LogP contribution in [0, 0.1) is 19.3 Å². The molecule has 1 unspecified atom stereocenters. The first kappa shape index (κ1) is 12.9. The van der Waals surface area contributed by atoms with Crippen LogP contribution in [0.15, 0.2) is 16.6 Å². The fourth-order valence-corrected chi connectivity index (χ4v) is 3.59. The smallest absolute Gasteiger partial charge is 0.0402 e. The van der Waals surface area contributed by atoms with Crippen molar-refractivity contribution in [3.8, 4) is 0 Å². The molecular formula is C15H22BrN. The number of hydrogen-bond donors (Lipinski definition) is 1. The predicted octanol–water partition coefficient (Wildman–Crippen LogP) is 5.06. The Bertz CT molecular complexity index is 400. The Morgan fingerprint density at radius 1 is 1.24 bits per heavy atom. The van der Waals surface area contributed by atoms with Crippen molar-refractivity contribution in [3.63, 3.8) is 0 Å². The van der Waals surface area contributed by atoms with Crippen LogP contribution in [0.3, 0.4) is 0 Å². The summed E-state index contributed by atoms with van der Waals surface area (Å²) in [5, 5.41) is 3.77. The molecule has 0 amide bonds. The van der Waals surface area contributed by atoms with Crippen LogP contribution in [-0.2, 0) is 0 Å². The third kappa shape index (κ3) is 2.67. The number of benzene rings is 1. The van der Waals surface area contributed by atoms with E-state index >= 15 is 0 Å². The monoisotopic (exact) mass is 295 g/mol. The quantitative estimate of drug-likeness (QED) is 0.804. The van der Waals surface area contributed by atoms with Gasteiger partial charge >= 0.3 is 0 Å². The van der Waals surface area contributed by atoms with Gasteiger partial charge in [-0.1, -0.05) is 36.2 Å². The second-order valence-electron chi connectivity index (χ2n) is 5.99. The highest BCUT2D eigenvalue weighted by Crippen LogP contribution is 2.40. The molecular weight excluding hydrogens is 274 g/mol. The molecule has 1 atom stereocenters. The Balaban J connectivity index is 2.25. The fourth-order valence-electron chi connectivity index (χ4n) is 2.91. The summed E-state index contributed by atoms with van der Waals surface area (Å²) in [4.78, 5) is 0. The van der Waals surface area contributed by atoms with Crippen LogP contribution in [0.5, 0.6) is 0 Å². The van der Waals surface area contributed by atoms with Gasteiger partial charge in [-0.25, -0.2) is 0 Å². The molecule has 17 heavy (non-hydrogen) atoms. The van der Waals surface area contributed by atoms with E-state index in [2.05, 4.69) is 61.1 Å². The predicted molar refractivity (Wildman–Crippen MR) is 78.7 cm³/mol. The molecule has 1 nitrogen and oxygen atoms in total. The first-order chi connectivity index (χ1) is 7.90. The lowest BCUT2D eigenvalue weighted by atomic mass is 9.87. The van der Waals surface area contributed by atoms with Crippen molar-refractivity contribution in [1.82, 2.24) is 0 Å². The minimum absolute atomic E-state index is 0.423. The summed E-state index contributed by atoms with van der Waals surface area (Å²) in [5.74, 6) is 0. The minimum Gasteiger partial charge on any atom is -0.381 e. The van der Waals surface area contributed by atoms with Crippen molar-refractivity contribution < 1.29 is 0 Å². The highest BCUT2D eigenvalue weighted by atomic mass is 79.9. The van der Waals surface area contributed by atoms with Crippen molar-refractivity contribution in [1.29, 1.82) is 0 Å². The Morgan fingerprint density at radius 3 is 2.29 bits per heavy atom. The number of halogens is 1. The summed E-state index contributed by atoms with van der Waals surface area (Å²) in [6, 6.07) is 5.00. The van der Waals surface area contributed by atoms with E-state index in [0.29, 0.717) is 11.5 Å². The molecule has 0 heterocycles. The van der Waals surface area contributed by atoms with Crippen LogP contribution in [0.1, 0.15) is 44.2 Å². The molecule has 1 aliphatic carbocycles. The molecule has 1 aromatic carbocycles. The van der Waals surface area contributed by atoms with Crippen molar-refractivity contribution in [2.24, 2.45) is 5.41 Å². The zero-order valence-electron chi connectivity index (χ0n) is 11.2. The number of rotatable bonds is 2. The summed E-state index contributed by atoms with van der Waals surface area (Å²) in [6.45, 7) is 9.12. The standard InChI is InChI=1S/C15H22BrN/c1-10-8-12(16)9-11(2)14(10)17-13-6-5-7-15(13,3)4/h8-9,13,17H,5-7H2,1-4H3. The summed E-state index contributed by atoms with van der Waals surface area (Å²) >= 11 is 3.55. The Kier molecular flexibility index (Phi) is 3.53. The molecule has 0 radical (unpaired) electrons. The van der Waals surface area contributed by atoms with E-state index in [9.17, 15) is 0 Å². The summed E-state index contributed by atoms with van der Waals surface area (Å²) in [5.41, 5.74) is 4.42. The average Bonchev–Trinajstić information content (AvgIpc) is 2.51. The Hall–Kier alpha value is -0.500. The summed E-state index contributed by atoms with van der Waals surface area (Å²) < 4.78 is 1.17. The molecule has 94 valence electrons. The van der Waals surface area contributed by atoms with Gasteiger partial charge in [0.05, 0.1) is 0 Å². The minimum atomic E-state index is 0.423. The highest BCUT2D eigenvalue weighted by Gasteiger charge is 2.34. The Labute approximate surface area is 113 Å². The van der Waals surface area contributed by atoms with Gasteiger partial charge in [-0.2, -0.15) is 0 Å². The van der Waals surface area contributed by atoms with Crippen molar-refractivity contribution in [2.75, 3.05) is 5.32 Å². The number of aryl methyl sites for hydroxylation is 2. The summed E-state index contributed by atoms with van der Waals surface area (Å²) in [6.07, 6.45) is 3.97. The number of nitrogens with one attached hydrogen (secondary N) is 1. The van der Waals surface area contributed by atoms with E-state index in [4.69, 9.17) is 0 Å². The topological polar surface area (TPSA) is 12.0 Å². The van der Waals surface area contributed by atoms with Gasteiger partial charge in [-0.15, -0.1) is 0 Å². The van der Waals surface area contributed by atoms with E-state index in [1.165, 1.54) is 40.5 Å². The van der Waals surface area contributed by atoms with Crippen LogP contribution in [0.4, 0.5) is 5.69 Å². The van der Waals surface area contributed by atoms with Gasteiger partial charge in [-0.3, -0.25) is 0 Å². The molecule has 1 aliphatic rings. The van der Waals surface area contributed by atoms with Crippen LogP contribution in [0.2, 0.25) is 0 Å². The lowest BCUT2D eigenvalue weighted by Gasteiger charge is -2.30. The fraction of sp³-hybridized carbons (Fsp3) is 0.600. The molecule has 0 spiro atoms. The van der Waals surface area contributed by atoms with Crippen molar-refractivity contribution >= 4 is 21.6 Å². The zero-order chi connectivity index (χ0) is 12.6. The summed E-state index contributed by atoms with van der Waals surface area (Å²) in [7, 11) is 0. The van der Waals surface area contributed by atoms with Crippen LogP contribution < -0.4 is 5.32 Å². The number of anilines is 1. The lowest BCUT2D eigenvalue weighted by molar-refractivity contribution is 0.350. The van der Waals surface area contributed by atoms with E-state index in [1.54, 1.807) is 0 Å². The first-order valence-corrected chi connectivity index (χ1v) is 7.23. The van der Waals surface area contributed by atoms with Gasteiger partial charge in [0.2, 0.25) is 0 Å². The molecule has 1 fully saturated rings. The molecule has 2 heteroatoms. The second-order valence-corrected chi connectivity index (χ2v) is 6.91. The highest BCUT2D eigenvalue weighted by molar-refractivity contribution is 9.10. The molecule has 2 rings (SSSR count). The third-order valence-electron chi connectivity index (χ3n) is 4.07. The molecule has 0 aromatic heterocycles. The maximum Gasteiger partial charge on any atom is 0.0402 e. The zero-order valence-corrected chi connectivity index (χ0v) is 12.8. The van der Waals surface area contributed by atoms with Crippen molar-refractivity contribution in [2.45, 2.75) is 53.0 Å². The van der Waals surface area contributed by atoms with E-state index in [-0.39, 0.29) is 0 Å². The normalized spacial score (nSPS) is 22.8. The second kappa shape index (κ2) is 4.64. The van der Waals surface area contributed by atoms with Gasteiger partial charge in [0.1, 0.15) is 0 Å². The van der Waals surface area contributed by atoms with Crippen LogP contribution in [0.25, 0.3) is 0 Å². The van der Waals surface area contributed by atoms with Crippen LogP contribution >= 0.6 is 15.9 Å². The molecule has 0 aliphatic heterocycles. The molecule has 0 bridgehead atoms. The van der Waals surface area contributed by atoms with Gasteiger partial charge in [0.25, 0.3) is 0 Å². The van der Waals surface area contributed by atoms with E-state index in [0.717, 1.165) is 0 Å². The molecule has 1 N–H and O–H groups in total. The Morgan fingerprint density at radius 2 is 1.82 bits per heavy atom. The maximum absolute atomic E-state index is 3.77. The first-order valence-electron chi connectivity index (χ1n) is 6.43. The molecule has 1 aromatic rings. The molecule has 1 saturated carbocycles. The average molecular weight is 296 g/mol. The number of hydrogen-bond acceptors (Lipinski definition) is 1. The largest absolute Gasteiger partial charge is 0.381 e. The van der Waals surface area contributed by atoms with Crippen LogP contribution in [-0.4, -0.2) is 6.04 Å². The van der Waals surface area contributed by atoms with Gasteiger partial charge in [-0.05, 0) is 55.4 Å². The van der Waals surface area contributed by atoms with Gasteiger partial charge in [0.15, 0.2) is 0 Å². The van der Waals surface area contributed by atoms with E-state index < -0.39 is 0 Å². The maximum atomic E-state index is 3.77. The van der Waals surface area contributed by atoms with Gasteiger partial charge < -0.3 is 5.32 Å². The molecule has 0 saturated heterocycles. The SMILES string of the molecule is Cc1cc(Br)cc(C)c1NC1CCCC1(C)C. The van der Waals surface area contributed by atoms with Crippen molar-refractivity contribution in [3.05, 3.63) is 27.7 Å². The van der Waals surface area contributed by atoms with E-state index in [1.807, 2.05) is 0 Å². The third-order valence-corrected chi connectivity index (χ3v) is 4.53. The van der Waals surface area contributed by atoms with Gasteiger partial charge in [0, 0.05) is 16.2 Å². The lowest BCUT2D eigenvalue weighted by Crippen LogP contribution is -2.31.